The molecule has 1 aromatic heterocycles. The van der Waals surface area contributed by atoms with Gasteiger partial charge >= 0.3 is 6.16 Å². The lowest BCUT2D eigenvalue weighted by molar-refractivity contribution is -0.692. The third-order valence-electron chi connectivity index (χ3n) is 8.61. The zero-order valence-corrected chi connectivity index (χ0v) is 31.8. The molecule has 2 unspecified atom stereocenters. The first-order chi connectivity index (χ1) is 23.8. The van der Waals surface area contributed by atoms with Crippen LogP contribution in [-0.4, -0.2) is 51.3 Å². The minimum Gasteiger partial charge on any atom is -0.744 e. The van der Waals surface area contributed by atoms with Crippen LogP contribution in [0.25, 0.3) is 0 Å². The molecule has 0 saturated carbocycles. The number of aryl methyl sites for hydroxylation is 2. The summed E-state index contributed by atoms with van der Waals surface area (Å²) in [5.74, 6) is 0. The molecule has 1 aromatic carbocycles. The quantitative estimate of drug-likeness (QED) is 0.0408. The average molecular weight is 726 g/mol. The predicted octanol–water partition coefficient (Wildman–Crippen LogP) is 9.65. The second-order valence-electron chi connectivity index (χ2n) is 13.1. The van der Waals surface area contributed by atoms with Gasteiger partial charge in [0.15, 0.2) is 12.5 Å². The zero-order chi connectivity index (χ0) is 35.4. The van der Waals surface area contributed by atoms with Crippen molar-refractivity contribution in [2.75, 3.05) is 19.8 Å². The first-order valence-corrected chi connectivity index (χ1v) is 21.1. The molecule has 0 amide bonds. The van der Waals surface area contributed by atoms with Crippen LogP contribution in [-0.2, 0) is 35.6 Å². The van der Waals surface area contributed by atoms with E-state index in [0.29, 0.717) is 13.2 Å². The van der Waals surface area contributed by atoms with Gasteiger partial charge in [0.05, 0.1) is 23.5 Å². The Kier molecular flexibility index (Phi) is 24.3. The molecule has 0 N–H and O–H groups in total. The van der Waals surface area contributed by atoms with Crippen molar-refractivity contribution in [3.8, 4) is 0 Å². The van der Waals surface area contributed by atoms with Gasteiger partial charge in [0.2, 0.25) is 5.51 Å². The molecule has 2 aromatic rings. The molecule has 0 aliphatic carbocycles. The van der Waals surface area contributed by atoms with Crippen LogP contribution in [0.5, 0.6) is 0 Å². The van der Waals surface area contributed by atoms with E-state index in [2.05, 4.69) is 28.6 Å². The second kappa shape index (κ2) is 27.6. The van der Waals surface area contributed by atoms with Gasteiger partial charge < -0.3 is 23.5 Å². The normalized spacial score (nSPS) is 15.9. The van der Waals surface area contributed by atoms with Gasteiger partial charge in [0.1, 0.15) is 29.4 Å². The second-order valence-corrected chi connectivity index (χ2v) is 15.2. The maximum Gasteiger partial charge on any atom is 0.508 e. The summed E-state index contributed by atoms with van der Waals surface area (Å²) < 4.78 is 55.4. The van der Waals surface area contributed by atoms with Crippen molar-refractivity contribution in [2.45, 2.75) is 166 Å². The Morgan fingerprint density at radius 1 is 0.837 bits per heavy atom. The van der Waals surface area contributed by atoms with Gasteiger partial charge in [-0.05, 0) is 51.2 Å². The van der Waals surface area contributed by atoms with Crippen molar-refractivity contribution in [1.82, 2.24) is 0 Å². The molecule has 3 rings (SSSR count). The number of unbranched alkanes of at least 4 members (excludes halogenated alkanes) is 17. The lowest BCUT2D eigenvalue weighted by atomic mass is 10.0. The predicted molar refractivity (Wildman–Crippen MR) is 194 cm³/mol. The fraction of sp³-hybridized carbons (Fsp3) is 0.737. The fourth-order valence-corrected chi connectivity index (χ4v) is 6.73. The monoisotopic (exact) mass is 725 g/mol. The summed E-state index contributed by atoms with van der Waals surface area (Å²) in [4.78, 5) is 11.6. The number of rotatable bonds is 26. The molecule has 2 heterocycles. The maximum atomic E-state index is 11.8. The molecule has 2 atom stereocenters. The van der Waals surface area contributed by atoms with Crippen LogP contribution in [0.1, 0.15) is 141 Å². The molecule has 1 saturated heterocycles. The summed E-state index contributed by atoms with van der Waals surface area (Å²) in [5, 5.41) is 2.09. The van der Waals surface area contributed by atoms with E-state index in [1.54, 1.807) is 23.5 Å². The Balaban J connectivity index is 0.000000639. The van der Waals surface area contributed by atoms with E-state index in [0.717, 1.165) is 50.6 Å². The van der Waals surface area contributed by atoms with Gasteiger partial charge in [-0.3, -0.25) is 0 Å². The molecule has 0 bridgehead atoms. The Morgan fingerprint density at radius 3 is 1.98 bits per heavy atom. The molecule has 1 aliphatic rings. The van der Waals surface area contributed by atoms with Crippen LogP contribution in [0.3, 0.4) is 0 Å². The topological polar surface area (TPSA) is 115 Å². The van der Waals surface area contributed by atoms with E-state index in [1.807, 2.05) is 6.92 Å². The fourth-order valence-electron chi connectivity index (χ4n) is 5.63. The maximum absolute atomic E-state index is 11.8. The molecule has 9 nitrogen and oxygen atoms in total. The number of benzene rings is 1. The molecule has 1 fully saturated rings. The van der Waals surface area contributed by atoms with Crippen molar-refractivity contribution in [1.29, 1.82) is 0 Å². The number of thiazole rings is 1. The highest BCUT2D eigenvalue weighted by Crippen LogP contribution is 2.19. The van der Waals surface area contributed by atoms with Gasteiger partial charge in [0.25, 0.3) is 0 Å². The van der Waals surface area contributed by atoms with E-state index < -0.39 is 16.3 Å². The number of nitrogens with zero attached hydrogens (tertiary/aromatic N) is 1. The third-order valence-corrected chi connectivity index (χ3v) is 10.1. The lowest BCUT2D eigenvalue weighted by Crippen LogP contribution is -2.29. The number of aromatic nitrogens is 1. The largest absolute Gasteiger partial charge is 0.744 e. The third kappa shape index (κ3) is 23.1. The molecule has 49 heavy (non-hydrogen) atoms. The lowest BCUT2D eigenvalue weighted by Gasteiger charge is -2.12. The highest BCUT2D eigenvalue weighted by Gasteiger charge is 2.26. The van der Waals surface area contributed by atoms with Gasteiger partial charge in [-0.15, -0.1) is 0 Å². The first-order valence-electron chi connectivity index (χ1n) is 18.8. The molecule has 0 radical (unpaired) electrons. The first kappa shape index (κ1) is 43.1. The van der Waals surface area contributed by atoms with Crippen molar-refractivity contribution < 1.29 is 41.3 Å². The average Bonchev–Trinajstić information content (AvgIpc) is 3.78. The van der Waals surface area contributed by atoms with E-state index in [4.69, 9.17) is 18.9 Å². The Morgan fingerprint density at radius 2 is 1.41 bits per heavy atom. The number of hydrogen-bond acceptors (Lipinski definition) is 9. The summed E-state index contributed by atoms with van der Waals surface area (Å²) >= 11 is 1.71. The summed E-state index contributed by atoms with van der Waals surface area (Å²) in [6, 6.07) is 5.78. The summed E-state index contributed by atoms with van der Waals surface area (Å²) in [6.45, 7) is 6.25. The van der Waals surface area contributed by atoms with Crippen molar-refractivity contribution in [3.63, 3.8) is 0 Å². The SMILES string of the molecule is CCCCCCCCCCCCCCCCCC1OCC(COC(=O)OCCCCCC[n+]2ccsc2)O1.Cc1ccc(S(=O)(=O)[O-])cc1. The smallest absolute Gasteiger partial charge is 0.508 e. The number of carbonyl (C=O) groups excluding carboxylic acids is 1. The molecular formula is C38H63NO8S2. The highest BCUT2D eigenvalue weighted by atomic mass is 32.2. The summed E-state index contributed by atoms with van der Waals surface area (Å²) in [6.07, 6.45) is 26.8. The number of carbonyl (C=O) groups is 1. The van der Waals surface area contributed by atoms with Crippen LogP contribution < -0.4 is 4.57 Å². The standard InChI is InChI=1S/C31H56NO5S.C7H8O3S/c1-2-3-4-5-6-7-8-9-10-11-12-13-14-15-18-21-30-35-26-29(37-30)27-36-31(33)34-24-20-17-16-19-22-32-23-25-38-28-32;1-6-2-4-7(5-3-6)11(8,9)10/h23,25,28-30H,2-22,24,26-27H2,1H3;2-5H,1H3,(H,8,9,10)/q+1;/p-1. The van der Waals surface area contributed by atoms with Crippen molar-refractivity contribution in [3.05, 3.63) is 46.9 Å². The van der Waals surface area contributed by atoms with Gasteiger partial charge in [0, 0.05) is 6.42 Å². The van der Waals surface area contributed by atoms with E-state index in [9.17, 15) is 17.8 Å². The van der Waals surface area contributed by atoms with Gasteiger partial charge in [-0.1, -0.05) is 126 Å². The minimum absolute atomic E-state index is 0.158. The molecular weight excluding hydrogens is 663 g/mol. The van der Waals surface area contributed by atoms with Gasteiger partial charge in [-0.25, -0.2) is 13.2 Å². The molecule has 0 spiro atoms. The Labute approximate surface area is 300 Å². The molecule has 1 aliphatic heterocycles. The Hall–Kier alpha value is -2.05. The van der Waals surface area contributed by atoms with Crippen molar-refractivity contribution in [2.24, 2.45) is 0 Å². The number of hydrogen-bond donors (Lipinski definition) is 0. The van der Waals surface area contributed by atoms with E-state index in [-0.39, 0.29) is 23.9 Å². The summed E-state index contributed by atoms with van der Waals surface area (Å²) in [7, 11) is -4.27. The molecule has 280 valence electrons. The Bertz CT molecular complexity index is 1170. The van der Waals surface area contributed by atoms with E-state index >= 15 is 0 Å². The summed E-state index contributed by atoms with van der Waals surface area (Å²) in [5.41, 5.74) is 3.05. The van der Waals surface area contributed by atoms with Crippen LogP contribution in [0.15, 0.2) is 46.2 Å². The van der Waals surface area contributed by atoms with Crippen molar-refractivity contribution >= 4 is 27.6 Å². The van der Waals surface area contributed by atoms with Crippen LogP contribution in [0.2, 0.25) is 0 Å². The minimum atomic E-state index is -4.27. The van der Waals surface area contributed by atoms with Crippen LogP contribution in [0.4, 0.5) is 4.79 Å². The highest BCUT2D eigenvalue weighted by molar-refractivity contribution is 7.85. The van der Waals surface area contributed by atoms with Crippen LogP contribution in [0, 0.1) is 6.92 Å². The van der Waals surface area contributed by atoms with Gasteiger partial charge in [-0.2, -0.15) is 4.57 Å². The molecule has 11 heteroatoms. The zero-order valence-electron chi connectivity index (χ0n) is 30.2. The van der Waals surface area contributed by atoms with Crippen LogP contribution >= 0.6 is 11.3 Å². The van der Waals surface area contributed by atoms with E-state index in [1.165, 1.54) is 102 Å². The number of ether oxygens (including phenoxy) is 4.